The van der Waals surface area contributed by atoms with Gasteiger partial charge >= 0.3 is 5.97 Å². The summed E-state index contributed by atoms with van der Waals surface area (Å²) >= 11 is 0. The number of likely N-dealkylation sites (tertiary alicyclic amines) is 1. The molecule has 2 amide bonds. The standard InChI is InChI=1S/C13H22N2O4/c1-3-5-11(16)15-9-4-6-10(15)13(18)14-8-7-12(17)19-2/h10H,3-9H2,1-2H3,(H,14,18). The maximum Gasteiger partial charge on any atom is 0.307 e. The van der Waals surface area contributed by atoms with Gasteiger partial charge in [0.25, 0.3) is 0 Å². The van der Waals surface area contributed by atoms with Crippen LogP contribution in [0.2, 0.25) is 0 Å². The zero-order chi connectivity index (χ0) is 14.3. The van der Waals surface area contributed by atoms with Crippen molar-refractivity contribution < 1.29 is 19.1 Å². The van der Waals surface area contributed by atoms with Crippen molar-refractivity contribution in [2.24, 2.45) is 0 Å². The number of rotatable bonds is 6. The summed E-state index contributed by atoms with van der Waals surface area (Å²) in [6, 6.07) is -0.378. The third-order valence-corrected chi connectivity index (χ3v) is 3.20. The number of amides is 2. The van der Waals surface area contributed by atoms with Crippen LogP contribution in [0.25, 0.3) is 0 Å². The molecular formula is C13H22N2O4. The van der Waals surface area contributed by atoms with E-state index in [1.54, 1.807) is 4.90 Å². The van der Waals surface area contributed by atoms with Crippen molar-refractivity contribution in [3.63, 3.8) is 0 Å². The molecule has 1 aliphatic rings. The van der Waals surface area contributed by atoms with Gasteiger partial charge in [-0.25, -0.2) is 0 Å². The Morgan fingerprint density at radius 1 is 1.32 bits per heavy atom. The number of nitrogens with one attached hydrogen (secondary N) is 1. The quantitative estimate of drug-likeness (QED) is 0.711. The average molecular weight is 270 g/mol. The summed E-state index contributed by atoms with van der Waals surface area (Å²) in [4.78, 5) is 36.4. The topological polar surface area (TPSA) is 75.7 Å². The lowest BCUT2D eigenvalue weighted by atomic mass is 10.2. The summed E-state index contributed by atoms with van der Waals surface area (Å²) in [5.41, 5.74) is 0. The Kier molecular flexibility index (Phi) is 6.32. The Hall–Kier alpha value is -1.59. The summed E-state index contributed by atoms with van der Waals surface area (Å²) in [7, 11) is 1.31. The lowest BCUT2D eigenvalue weighted by molar-refractivity contribution is -0.141. The molecule has 1 unspecified atom stereocenters. The smallest absolute Gasteiger partial charge is 0.307 e. The summed E-state index contributed by atoms with van der Waals surface area (Å²) in [5.74, 6) is -0.496. The SMILES string of the molecule is CCCC(=O)N1CCCC1C(=O)NCCC(=O)OC. The monoisotopic (exact) mass is 270 g/mol. The number of esters is 1. The average Bonchev–Trinajstić information content (AvgIpc) is 2.88. The van der Waals surface area contributed by atoms with Gasteiger partial charge in [-0.2, -0.15) is 0 Å². The van der Waals surface area contributed by atoms with Crippen LogP contribution in [0.4, 0.5) is 0 Å². The van der Waals surface area contributed by atoms with E-state index in [1.807, 2.05) is 6.92 Å². The molecule has 1 heterocycles. The molecule has 6 heteroatoms. The third-order valence-electron chi connectivity index (χ3n) is 3.20. The van der Waals surface area contributed by atoms with Crippen LogP contribution in [0.5, 0.6) is 0 Å². The molecule has 1 fully saturated rings. The van der Waals surface area contributed by atoms with Crippen molar-refractivity contribution in [3.8, 4) is 0 Å². The number of hydrogen-bond acceptors (Lipinski definition) is 4. The van der Waals surface area contributed by atoms with Crippen molar-refractivity contribution in [1.29, 1.82) is 0 Å². The van der Waals surface area contributed by atoms with Gasteiger partial charge in [0, 0.05) is 19.5 Å². The third kappa shape index (κ3) is 4.54. The second-order valence-electron chi connectivity index (χ2n) is 4.61. The highest BCUT2D eigenvalue weighted by atomic mass is 16.5. The molecular weight excluding hydrogens is 248 g/mol. The first-order valence-corrected chi connectivity index (χ1v) is 6.74. The van der Waals surface area contributed by atoms with Crippen molar-refractivity contribution in [3.05, 3.63) is 0 Å². The second-order valence-corrected chi connectivity index (χ2v) is 4.61. The van der Waals surface area contributed by atoms with Gasteiger partial charge in [-0.05, 0) is 19.3 Å². The summed E-state index contributed by atoms with van der Waals surface area (Å²) in [6.45, 7) is 2.84. The lowest BCUT2D eigenvalue weighted by Gasteiger charge is -2.23. The molecule has 6 nitrogen and oxygen atoms in total. The van der Waals surface area contributed by atoms with Crippen LogP contribution in [0.1, 0.15) is 39.0 Å². The fourth-order valence-corrected chi connectivity index (χ4v) is 2.20. The highest BCUT2D eigenvalue weighted by Gasteiger charge is 2.33. The van der Waals surface area contributed by atoms with Crippen LogP contribution in [0.15, 0.2) is 0 Å². The van der Waals surface area contributed by atoms with E-state index in [4.69, 9.17) is 0 Å². The first kappa shape index (κ1) is 15.5. The first-order chi connectivity index (χ1) is 9.10. The van der Waals surface area contributed by atoms with Crippen LogP contribution in [0, 0.1) is 0 Å². The van der Waals surface area contributed by atoms with Gasteiger partial charge in [-0.3, -0.25) is 14.4 Å². The van der Waals surface area contributed by atoms with Crippen molar-refractivity contribution in [2.75, 3.05) is 20.2 Å². The number of nitrogens with zero attached hydrogens (tertiary/aromatic N) is 1. The molecule has 0 aromatic carbocycles. The molecule has 0 aromatic rings. The predicted molar refractivity (Wildman–Crippen MR) is 69.3 cm³/mol. The number of carbonyl (C=O) groups excluding carboxylic acids is 3. The van der Waals surface area contributed by atoms with E-state index in [-0.39, 0.29) is 36.8 Å². The molecule has 1 aliphatic heterocycles. The van der Waals surface area contributed by atoms with E-state index >= 15 is 0 Å². The molecule has 0 aliphatic carbocycles. The van der Waals surface area contributed by atoms with E-state index in [0.29, 0.717) is 19.4 Å². The number of hydrogen-bond donors (Lipinski definition) is 1. The van der Waals surface area contributed by atoms with Gasteiger partial charge in [0.05, 0.1) is 13.5 Å². The van der Waals surface area contributed by atoms with Gasteiger partial charge < -0.3 is 15.0 Å². The van der Waals surface area contributed by atoms with Crippen molar-refractivity contribution >= 4 is 17.8 Å². The van der Waals surface area contributed by atoms with Crippen LogP contribution < -0.4 is 5.32 Å². The largest absolute Gasteiger partial charge is 0.469 e. The Balaban J connectivity index is 2.42. The molecule has 1 N–H and O–H groups in total. The van der Waals surface area contributed by atoms with E-state index < -0.39 is 0 Å². The number of carbonyl (C=O) groups is 3. The molecule has 0 aromatic heterocycles. The fourth-order valence-electron chi connectivity index (χ4n) is 2.20. The lowest BCUT2D eigenvalue weighted by Crippen LogP contribution is -2.46. The van der Waals surface area contributed by atoms with Crippen LogP contribution in [0.3, 0.4) is 0 Å². The molecule has 108 valence electrons. The van der Waals surface area contributed by atoms with E-state index in [9.17, 15) is 14.4 Å². The van der Waals surface area contributed by atoms with Crippen LogP contribution >= 0.6 is 0 Å². The molecule has 0 radical (unpaired) electrons. The normalized spacial score (nSPS) is 18.2. The Bertz CT molecular complexity index is 344. The highest BCUT2D eigenvalue weighted by Crippen LogP contribution is 2.18. The molecule has 0 saturated carbocycles. The van der Waals surface area contributed by atoms with E-state index in [0.717, 1.165) is 12.8 Å². The maximum atomic E-state index is 12.0. The molecule has 1 saturated heterocycles. The minimum absolute atomic E-state index is 0.0353. The van der Waals surface area contributed by atoms with Crippen LogP contribution in [-0.4, -0.2) is 48.9 Å². The van der Waals surface area contributed by atoms with Crippen molar-refractivity contribution in [1.82, 2.24) is 10.2 Å². The number of ether oxygens (including phenoxy) is 1. The molecule has 0 spiro atoms. The minimum atomic E-state index is -0.378. The summed E-state index contributed by atoms with van der Waals surface area (Å²) < 4.78 is 4.49. The molecule has 19 heavy (non-hydrogen) atoms. The first-order valence-electron chi connectivity index (χ1n) is 6.74. The van der Waals surface area contributed by atoms with Crippen LogP contribution in [-0.2, 0) is 19.1 Å². The molecule has 1 atom stereocenters. The Labute approximate surface area is 113 Å². The minimum Gasteiger partial charge on any atom is -0.469 e. The maximum absolute atomic E-state index is 12.0. The Morgan fingerprint density at radius 3 is 2.68 bits per heavy atom. The predicted octanol–water partition coefficient (Wildman–Crippen LogP) is 0.457. The van der Waals surface area contributed by atoms with Crippen molar-refractivity contribution in [2.45, 2.75) is 45.1 Å². The molecule has 0 bridgehead atoms. The van der Waals surface area contributed by atoms with Gasteiger partial charge in [-0.15, -0.1) is 0 Å². The summed E-state index contributed by atoms with van der Waals surface area (Å²) in [5, 5.41) is 2.68. The number of methoxy groups -OCH3 is 1. The highest BCUT2D eigenvalue weighted by molar-refractivity contribution is 5.88. The summed E-state index contributed by atoms with van der Waals surface area (Å²) in [6.07, 6.45) is 2.96. The zero-order valence-corrected chi connectivity index (χ0v) is 11.6. The van der Waals surface area contributed by atoms with E-state index in [1.165, 1.54) is 7.11 Å². The van der Waals surface area contributed by atoms with E-state index in [2.05, 4.69) is 10.1 Å². The van der Waals surface area contributed by atoms with Gasteiger partial charge in [0.15, 0.2) is 0 Å². The fraction of sp³-hybridized carbons (Fsp3) is 0.769. The van der Waals surface area contributed by atoms with Gasteiger partial charge in [-0.1, -0.05) is 6.92 Å². The van der Waals surface area contributed by atoms with Gasteiger partial charge in [0.1, 0.15) is 6.04 Å². The zero-order valence-electron chi connectivity index (χ0n) is 11.6. The molecule has 1 rings (SSSR count). The van der Waals surface area contributed by atoms with Gasteiger partial charge in [0.2, 0.25) is 11.8 Å². The second kappa shape index (κ2) is 7.76. The Morgan fingerprint density at radius 2 is 2.05 bits per heavy atom.